The van der Waals surface area contributed by atoms with Crippen LogP contribution in [0.25, 0.3) is 0 Å². The number of aliphatic hydroxyl groups excluding tert-OH is 1. The van der Waals surface area contributed by atoms with Gasteiger partial charge in [-0.2, -0.15) is 0 Å². The molecule has 2 fully saturated rings. The van der Waals surface area contributed by atoms with Gasteiger partial charge in [0.25, 0.3) is 0 Å². The minimum Gasteiger partial charge on any atom is -0.393 e. The normalized spacial score (nSPS) is 38.5. The molecule has 80 valence electrons. The van der Waals surface area contributed by atoms with Gasteiger partial charge in [0.2, 0.25) is 0 Å². The molecule has 1 heterocycles. The largest absolute Gasteiger partial charge is 0.393 e. The maximum absolute atomic E-state index is 9.31. The smallest absolute Gasteiger partial charge is 0.123 e. The van der Waals surface area contributed by atoms with Crippen LogP contribution in [0.4, 0.5) is 5.82 Å². The van der Waals surface area contributed by atoms with Gasteiger partial charge in [-0.1, -0.05) is 6.07 Å². The first-order valence-corrected chi connectivity index (χ1v) is 5.56. The molecule has 3 rings (SSSR count). The van der Waals surface area contributed by atoms with Gasteiger partial charge in [0.05, 0.1) is 6.10 Å². The third-order valence-electron chi connectivity index (χ3n) is 3.98. The molecule has 0 unspecified atom stereocenters. The molecule has 0 atom stereocenters. The number of aromatic nitrogens is 1. The molecule has 3 heteroatoms. The van der Waals surface area contributed by atoms with E-state index < -0.39 is 0 Å². The molecule has 1 aromatic heterocycles. The fraction of sp³-hybridized carbons (Fsp3) is 0.583. The fourth-order valence-corrected chi connectivity index (χ4v) is 3.15. The summed E-state index contributed by atoms with van der Waals surface area (Å²) < 4.78 is 0. The number of rotatable bonds is 1. The van der Waals surface area contributed by atoms with Crippen LogP contribution < -0.4 is 5.73 Å². The van der Waals surface area contributed by atoms with Gasteiger partial charge in [-0.15, -0.1) is 0 Å². The molecular weight excluding hydrogens is 188 g/mol. The summed E-state index contributed by atoms with van der Waals surface area (Å²) in [5, 5.41) is 9.31. The van der Waals surface area contributed by atoms with Crippen LogP contribution in [0.2, 0.25) is 0 Å². The van der Waals surface area contributed by atoms with E-state index in [0.717, 1.165) is 12.8 Å². The zero-order valence-electron chi connectivity index (χ0n) is 8.69. The Morgan fingerprint density at radius 2 is 2.00 bits per heavy atom. The second kappa shape index (κ2) is 2.95. The summed E-state index contributed by atoms with van der Waals surface area (Å²) >= 11 is 0. The van der Waals surface area contributed by atoms with Gasteiger partial charge in [0, 0.05) is 6.20 Å². The maximum atomic E-state index is 9.31. The molecule has 0 aromatic carbocycles. The van der Waals surface area contributed by atoms with E-state index in [9.17, 15) is 5.11 Å². The summed E-state index contributed by atoms with van der Waals surface area (Å²) in [5.41, 5.74) is 7.33. The van der Waals surface area contributed by atoms with Gasteiger partial charge in [-0.25, -0.2) is 4.98 Å². The van der Waals surface area contributed by atoms with Crippen molar-refractivity contribution in [3.05, 3.63) is 23.9 Å². The number of nitrogens with two attached hydrogens (primary N) is 1. The Kier molecular flexibility index (Phi) is 1.80. The van der Waals surface area contributed by atoms with E-state index in [1.807, 2.05) is 12.3 Å². The Balaban J connectivity index is 1.65. The average Bonchev–Trinajstić information content (AvgIpc) is 2.11. The SMILES string of the molecule is Nc1ccc(C2CC3(CC(O)C3)C2)cn1. The predicted octanol–water partition coefficient (Wildman–Crippen LogP) is 1.68. The van der Waals surface area contributed by atoms with Crippen molar-refractivity contribution in [2.75, 3.05) is 5.73 Å². The summed E-state index contributed by atoms with van der Waals surface area (Å²) in [6.45, 7) is 0. The first-order chi connectivity index (χ1) is 7.17. The maximum Gasteiger partial charge on any atom is 0.123 e. The van der Waals surface area contributed by atoms with E-state index in [2.05, 4.69) is 11.1 Å². The van der Waals surface area contributed by atoms with Crippen LogP contribution in [0.3, 0.4) is 0 Å². The molecule has 1 spiro atoms. The van der Waals surface area contributed by atoms with E-state index in [0.29, 0.717) is 17.2 Å². The number of aliphatic hydroxyl groups is 1. The number of nitrogens with zero attached hydrogens (tertiary/aromatic N) is 1. The fourth-order valence-electron chi connectivity index (χ4n) is 3.15. The molecule has 15 heavy (non-hydrogen) atoms. The van der Waals surface area contributed by atoms with E-state index in [1.165, 1.54) is 18.4 Å². The number of pyridine rings is 1. The quantitative estimate of drug-likeness (QED) is 0.731. The molecule has 0 aliphatic heterocycles. The Bertz CT molecular complexity index is 360. The van der Waals surface area contributed by atoms with Gasteiger partial charge in [-0.05, 0) is 48.6 Å². The highest BCUT2D eigenvalue weighted by Crippen LogP contribution is 2.61. The summed E-state index contributed by atoms with van der Waals surface area (Å²) in [5.74, 6) is 1.23. The molecule has 0 bridgehead atoms. The van der Waals surface area contributed by atoms with Crippen molar-refractivity contribution in [2.24, 2.45) is 5.41 Å². The van der Waals surface area contributed by atoms with Crippen LogP contribution >= 0.6 is 0 Å². The standard InChI is InChI=1S/C12H16N2O/c13-11-2-1-8(7-14-11)9-3-12(4-9)5-10(15)6-12/h1-2,7,9-10,15H,3-6H2,(H2,13,14). The number of nitrogen functional groups attached to an aromatic ring is 1. The summed E-state index contributed by atoms with van der Waals surface area (Å²) in [6, 6.07) is 3.95. The summed E-state index contributed by atoms with van der Waals surface area (Å²) in [6.07, 6.45) is 6.31. The summed E-state index contributed by atoms with van der Waals surface area (Å²) in [7, 11) is 0. The number of anilines is 1. The van der Waals surface area contributed by atoms with Crippen molar-refractivity contribution in [3.8, 4) is 0 Å². The molecule has 0 saturated heterocycles. The Morgan fingerprint density at radius 3 is 2.53 bits per heavy atom. The highest BCUT2D eigenvalue weighted by Gasteiger charge is 2.52. The van der Waals surface area contributed by atoms with Crippen molar-refractivity contribution < 1.29 is 5.11 Å². The lowest BCUT2D eigenvalue weighted by Gasteiger charge is -2.56. The molecule has 2 aliphatic carbocycles. The van der Waals surface area contributed by atoms with Crippen molar-refractivity contribution in [1.29, 1.82) is 0 Å². The molecule has 0 radical (unpaired) electrons. The third kappa shape index (κ3) is 1.42. The minimum absolute atomic E-state index is 0.0320. The number of hydrogen-bond acceptors (Lipinski definition) is 3. The van der Waals surface area contributed by atoms with E-state index in [4.69, 9.17) is 5.73 Å². The molecule has 3 nitrogen and oxygen atoms in total. The number of hydrogen-bond donors (Lipinski definition) is 2. The second-order valence-corrected chi connectivity index (χ2v) is 5.18. The first kappa shape index (κ1) is 9.16. The molecular formula is C12H16N2O. The van der Waals surface area contributed by atoms with Crippen molar-refractivity contribution in [2.45, 2.75) is 37.7 Å². The van der Waals surface area contributed by atoms with Crippen molar-refractivity contribution in [3.63, 3.8) is 0 Å². The molecule has 1 aromatic rings. The van der Waals surface area contributed by atoms with Gasteiger partial charge in [0.1, 0.15) is 5.82 Å². The Hall–Kier alpha value is -1.09. The van der Waals surface area contributed by atoms with Crippen molar-refractivity contribution in [1.82, 2.24) is 4.98 Å². The van der Waals surface area contributed by atoms with Crippen LogP contribution in [0.15, 0.2) is 18.3 Å². The lowest BCUT2D eigenvalue weighted by atomic mass is 9.50. The average molecular weight is 204 g/mol. The highest BCUT2D eigenvalue weighted by molar-refractivity contribution is 5.32. The zero-order chi connectivity index (χ0) is 10.5. The van der Waals surface area contributed by atoms with Crippen LogP contribution in [-0.2, 0) is 0 Å². The molecule has 2 aliphatic rings. The minimum atomic E-state index is -0.0320. The van der Waals surface area contributed by atoms with E-state index in [1.54, 1.807) is 0 Å². The van der Waals surface area contributed by atoms with Gasteiger partial charge in [0.15, 0.2) is 0 Å². The summed E-state index contributed by atoms with van der Waals surface area (Å²) in [4.78, 5) is 4.12. The van der Waals surface area contributed by atoms with Gasteiger partial charge >= 0.3 is 0 Å². The van der Waals surface area contributed by atoms with Gasteiger partial charge in [-0.3, -0.25) is 0 Å². The predicted molar refractivity (Wildman–Crippen MR) is 58.3 cm³/mol. The van der Waals surface area contributed by atoms with Crippen LogP contribution in [0.1, 0.15) is 37.2 Å². The van der Waals surface area contributed by atoms with Gasteiger partial charge < -0.3 is 10.8 Å². The first-order valence-electron chi connectivity index (χ1n) is 5.56. The Morgan fingerprint density at radius 1 is 1.27 bits per heavy atom. The monoisotopic (exact) mass is 204 g/mol. The lowest BCUT2D eigenvalue weighted by Crippen LogP contribution is -2.49. The molecule has 0 amide bonds. The van der Waals surface area contributed by atoms with E-state index in [-0.39, 0.29) is 6.10 Å². The van der Waals surface area contributed by atoms with Crippen LogP contribution in [-0.4, -0.2) is 16.2 Å². The van der Waals surface area contributed by atoms with Crippen LogP contribution in [0, 0.1) is 5.41 Å². The highest BCUT2D eigenvalue weighted by atomic mass is 16.3. The lowest BCUT2D eigenvalue weighted by molar-refractivity contribution is -0.0924. The molecule has 3 N–H and O–H groups in total. The van der Waals surface area contributed by atoms with E-state index >= 15 is 0 Å². The van der Waals surface area contributed by atoms with Crippen LogP contribution in [0.5, 0.6) is 0 Å². The molecule has 2 saturated carbocycles. The third-order valence-corrected chi connectivity index (χ3v) is 3.98. The van der Waals surface area contributed by atoms with Crippen molar-refractivity contribution >= 4 is 5.82 Å². The Labute approximate surface area is 89.3 Å². The zero-order valence-corrected chi connectivity index (χ0v) is 8.69. The second-order valence-electron chi connectivity index (χ2n) is 5.18. The topological polar surface area (TPSA) is 59.1 Å².